The first-order valence-electron chi connectivity index (χ1n) is 6.94. The van der Waals surface area contributed by atoms with Crippen LogP contribution in [0.4, 0.5) is 0 Å². The van der Waals surface area contributed by atoms with Crippen molar-refractivity contribution in [2.45, 2.75) is 36.6 Å². The molecule has 1 unspecified atom stereocenters. The van der Waals surface area contributed by atoms with Gasteiger partial charge in [-0.1, -0.05) is 0 Å². The summed E-state index contributed by atoms with van der Waals surface area (Å²) in [4.78, 5) is 0.294. The monoisotopic (exact) mass is 332 g/mol. The SMILES string of the molecule is CC(CN)(NS(=O)(=O)c1ccc2c(c1)CCO2)C1CC1.Cl. The Bertz CT molecular complexity index is 631. The van der Waals surface area contributed by atoms with Crippen molar-refractivity contribution < 1.29 is 13.2 Å². The highest BCUT2D eigenvalue weighted by molar-refractivity contribution is 7.89. The van der Waals surface area contributed by atoms with Gasteiger partial charge in [0.15, 0.2) is 0 Å². The number of sulfonamides is 1. The Morgan fingerprint density at radius 1 is 1.43 bits per heavy atom. The van der Waals surface area contributed by atoms with E-state index in [0.29, 0.717) is 24.0 Å². The van der Waals surface area contributed by atoms with E-state index in [1.807, 2.05) is 6.92 Å². The van der Waals surface area contributed by atoms with Crippen molar-refractivity contribution in [3.8, 4) is 5.75 Å². The second-order valence-corrected chi connectivity index (χ2v) is 7.55. The molecule has 2 aliphatic rings. The van der Waals surface area contributed by atoms with Gasteiger partial charge in [0.05, 0.1) is 11.5 Å². The number of nitrogens with two attached hydrogens (primary N) is 1. The van der Waals surface area contributed by atoms with Gasteiger partial charge in [0.2, 0.25) is 10.0 Å². The molecule has 0 radical (unpaired) electrons. The lowest BCUT2D eigenvalue weighted by molar-refractivity contribution is 0.356. The number of nitrogens with one attached hydrogen (secondary N) is 1. The van der Waals surface area contributed by atoms with Crippen molar-refractivity contribution in [3.63, 3.8) is 0 Å². The highest BCUT2D eigenvalue weighted by Crippen LogP contribution is 2.40. The van der Waals surface area contributed by atoms with Crippen molar-refractivity contribution >= 4 is 22.4 Å². The average molecular weight is 333 g/mol. The van der Waals surface area contributed by atoms with E-state index in [1.54, 1.807) is 18.2 Å². The van der Waals surface area contributed by atoms with E-state index in [0.717, 1.165) is 30.6 Å². The molecule has 1 aromatic carbocycles. The van der Waals surface area contributed by atoms with Crippen LogP contribution in [-0.2, 0) is 16.4 Å². The van der Waals surface area contributed by atoms with Gasteiger partial charge in [-0.25, -0.2) is 13.1 Å². The molecule has 5 nitrogen and oxygen atoms in total. The van der Waals surface area contributed by atoms with Gasteiger partial charge in [-0.3, -0.25) is 0 Å². The predicted molar refractivity (Wildman–Crippen MR) is 83.4 cm³/mol. The summed E-state index contributed by atoms with van der Waals surface area (Å²) in [5, 5.41) is 0. The fourth-order valence-electron chi connectivity index (χ4n) is 2.71. The largest absolute Gasteiger partial charge is 0.493 e. The van der Waals surface area contributed by atoms with Crippen LogP contribution in [0, 0.1) is 5.92 Å². The highest BCUT2D eigenvalue weighted by atomic mass is 35.5. The van der Waals surface area contributed by atoms with Crippen LogP contribution >= 0.6 is 12.4 Å². The third kappa shape index (κ3) is 3.18. The number of halogens is 1. The summed E-state index contributed by atoms with van der Waals surface area (Å²) in [6, 6.07) is 5.03. The van der Waals surface area contributed by atoms with Crippen LogP contribution in [-0.4, -0.2) is 27.1 Å². The van der Waals surface area contributed by atoms with E-state index >= 15 is 0 Å². The van der Waals surface area contributed by atoms with Gasteiger partial charge in [-0.15, -0.1) is 12.4 Å². The summed E-state index contributed by atoms with van der Waals surface area (Å²) >= 11 is 0. The van der Waals surface area contributed by atoms with Gasteiger partial charge in [0.1, 0.15) is 5.75 Å². The van der Waals surface area contributed by atoms with Crippen molar-refractivity contribution in [2.75, 3.05) is 13.2 Å². The lowest BCUT2D eigenvalue weighted by Crippen LogP contribution is -2.52. The van der Waals surface area contributed by atoms with Crippen LogP contribution < -0.4 is 15.2 Å². The van der Waals surface area contributed by atoms with E-state index in [9.17, 15) is 8.42 Å². The summed E-state index contributed by atoms with van der Waals surface area (Å²) in [7, 11) is -3.54. The zero-order valence-electron chi connectivity index (χ0n) is 12.0. The normalized spacial score (nSPS) is 20.1. The minimum Gasteiger partial charge on any atom is -0.493 e. The molecule has 3 rings (SSSR count). The number of hydrogen-bond acceptors (Lipinski definition) is 4. The molecule has 1 aliphatic carbocycles. The first-order valence-corrected chi connectivity index (χ1v) is 8.43. The first kappa shape index (κ1) is 16.5. The molecule has 0 bridgehead atoms. The van der Waals surface area contributed by atoms with E-state index in [2.05, 4.69) is 4.72 Å². The average Bonchev–Trinajstić information content (AvgIpc) is 3.17. The molecule has 118 valence electrons. The van der Waals surface area contributed by atoms with Crippen LogP contribution in [0.1, 0.15) is 25.3 Å². The topological polar surface area (TPSA) is 81.4 Å². The molecule has 7 heteroatoms. The second-order valence-electron chi connectivity index (χ2n) is 5.87. The summed E-state index contributed by atoms with van der Waals surface area (Å²) < 4.78 is 33.3. The number of ether oxygens (including phenoxy) is 1. The number of rotatable bonds is 5. The molecule has 21 heavy (non-hydrogen) atoms. The first-order chi connectivity index (χ1) is 9.44. The molecular formula is C14H21ClN2O3S. The molecule has 3 N–H and O–H groups in total. The summed E-state index contributed by atoms with van der Waals surface area (Å²) in [6.45, 7) is 2.82. The molecule has 0 amide bonds. The smallest absolute Gasteiger partial charge is 0.241 e. The van der Waals surface area contributed by atoms with Gasteiger partial charge >= 0.3 is 0 Å². The van der Waals surface area contributed by atoms with Crippen LogP contribution in [0.2, 0.25) is 0 Å². The quantitative estimate of drug-likeness (QED) is 0.855. The van der Waals surface area contributed by atoms with Crippen molar-refractivity contribution in [3.05, 3.63) is 23.8 Å². The van der Waals surface area contributed by atoms with E-state index in [-0.39, 0.29) is 12.4 Å². The molecule has 1 saturated carbocycles. The molecule has 1 fully saturated rings. The Labute approximate surface area is 131 Å². The Hall–Kier alpha value is -0.820. The van der Waals surface area contributed by atoms with E-state index in [4.69, 9.17) is 10.5 Å². The summed E-state index contributed by atoms with van der Waals surface area (Å²) in [5.41, 5.74) is 6.18. The van der Waals surface area contributed by atoms with Crippen LogP contribution in [0.3, 0.4) is 0 Å². The van der Waals surface area contributed by atoms with Gasteiger partial charge in [0.25, 0.3) is 0 Å². The molecule has 1 atom stereocenters. The maximum absolute atomic E-state index is 12.5. The van der Waals surface area contributed by atoms with Gasteiger partial charge in [0, 0.05) is 18.5 Å². The molecule has 1 aliphatic heterocycles. The summed E-state index contributed by atoms with van der Waals surface area (Å²) in [5.74, 6) is 1.13. The Morgan fingerprint density at radius 2 is 2.14 bits per heavy atom. The van der Waals surface area contributed by atoms with Crippen LogP contribution in [0.25, 0.3) is 0 Å². The lowest BCUT2D eigenvalue weighted by Gasteiger charge is -2.29. The Balaban J connectivity index is 0.00000161. The molecule has 0 saturated heterocycles. The van der Waals surface area contributed by atoms with E-state index in [1.165, 1.54) is 0 Å². The molecule has 0 aromatic heterocycles. The summed E-state index contributed by atoms with van der Waals surface area (Å²) in [6.07, 6.45) is 2.83. The molecule has 0 spiro atoms. The maximum atomic E-state index is 12.5. The molecule has 1 heterocycles. The fraction of sp³-hybridized carbons (Fsp3) is 0.571. The minimum atomic E-state index is -3.54. The Morgan fingerprint density at radius 3 is 2.76 bits per heavy atom. The van der Waals surface area contributed by atoms with Crippen molar-refractivity contribution in [1.82, 2.24) is 4.72 Å². The lowest BCUT2D eigenvalue weighted by atomic mass is 9.98. The van der Waals surface area contributed by atoms with Crippen molar-refractivity contribution in [2.24, 2.45) is 11.7 Å². The van der Waals surface area contributed by atoms with E-state index < -0.39 is 15.6 Å². The van der Waals surface area contributed by atoms with Gasteiger partial charge in [-0.2, -0.15) is 0 Å². The second kappa shape index (κ2) is 5.76. The third-order valence-electron chi connectivity index (χ3n) is 4.24. The zero-order chi connectivity index (χ0) is 14.4. The predicted octanol–water partition coefficient (Wildman–Crippen LogP) is 1.45. The fourth-order valence-corrected chi connectivity index (χ4v) is 4.23. The molecule has 1 aromatic rings. The highest BCUT2D eigenvalue weighted by Gasteiger charge is 2.43. The van der Waals surface area contributed by atoms with Gasteiger partial charge in [-0.05, 0) is 49.4 Å². The number of hydrogen-bond donors (Lipinski definition) is 2. The number of fused-ring (bicyclic) bond motifs is 1. The van der Waals surface area contributed by atoms with Crippen molar-refractivity contribution in [1.29, 1.82) is 0 Å². The van der Waals surface area contributed by atoms with Gasteiger partial charge < -0.3 is 10.5 Å². The van der Waals surface area contributed by atoms with Crippen LogP contribution in [0.5, 0.6) is 5.75 Å². The molecular weight excluding hydrogens is 312 g/mol. The standard InChI is InChI=1S/C14H20N2O3S.ClH/c1-14(9-15,11-2-3-11)16-20(17,18)12-4-5-13-10(8-12)6-7-19-13;/h4-5,8,11,16H,2-3,6-7,9,15H2,1H3;1H. The third-order valence-corrected chi connectivity index (χ3v) is 5.85. The Kier molecular flexibility index (Phi) is 4.54. The minimum absolute atomic E-state index is 0. The zero-order valence-corrected chi connectivity index (χ0v) is 13.6. The van der Waals surface area contributed by atoms with Crippen LogP contribution in [0.15, 0.2) is 23.1 Å². The number of benzene rings is 1. The maximum Gasteiger partial charge on any atom is 0.241 e.